The standard InChI is InChI=1S/C9H16N2O2/c10-8(12)5-11-3-4-13-7-9(6-11)1-2-9/h1-7H2,(H2,10,12). The van der Waals surface area contributed by atoms with Gasteiger partial charge in [0.1, 0.15) is 0 Å². The molecule has 4 nitrogen and oxygen atoms in total. The van der Waals surface area contributed by atoms with Crippen LogP contribution in [-0.4, -0.2) is 43.7 Å². The molecule has 0 bridgehead atoms. The van der Waals surface area contributed by atoms with Crippen molar-refractivity contribution in [3.05, 3.63) is 0 Å². The summed E-state index contributed by atoms with van der Waals surface area (Å²) in [5, 5.41) is 0. The quantitative estimate of drug-likeness (QED) is 0.634. The van der Waals surface area contributed by atoms with Crippen LogP contribution in [0.5, 0.6) is 0 Å². The first-order chi connectivity index (χ1) is 6.20. The van der Waals surface area contributed by atoms with Crippen LogP contribution < -0.4 is 5.73 Å². The van der Waals surface area contributed by atoms with Crippen molar-refractivity contribution < 1.29 is 9.53 Å². The molecule has 74 valence electrons. The van der Waals surface area contributed by atoms with Crippen LogP contribution in [0.25, 0.3) is 0 Å². The smallest absolute Gasteiger partial charge is 0.231 e. The van der Waals surface area contributed by atoms with E-state index in [1.165, 1.54) is 12.8 Å². The van der Waals surface area contributed by atoms with Crippen molar-refractivity contribution >= 4 is 5.91 Å². The molecule has 2 rings (SSSR count). The fourth-order valence-corrected chi connectivity index (χ4v) is 1.92. The second-order valence-corrected chi connectivity index (χ2v) is 4.23. The van der Waals surface area contributed by atoms with Crippen molar-refractivity contribution in [3.63, 3.8) is 0 Å². The molecular weight excluding hydrogens is 168 g/mol. The predicted molar refractivity (Wildman–Crippen MR) is 48.1 cm³/mol. The zero-order valence-corrected chi connectivity index (χ0v) is 7.79. The van der Waals surface area contributed by atoms with Gasteiger partial charge in [0.05, 0.1) is 19.8 Å². The molecule has 0 atom stereocenters. The first kappa shape index (κ1) is 8.97. The Morgan fingerprint density at radius 3 is 2.92 bits per heavy atom. The Labute approximate surface area is 78.0 Å². The summed E-state index contributed by atoms with van der Waals surface area (Å²) >= 11 is 0. The number of carbonyl (C=O) groups excluding carboxylic acids is 1. The third kappa shape index (κ3) is 2.19. The Morgan fingerprint density at radius 2 is 2.31 bits per heavy atom. The van der Waals surface area contributed by atoms with Crippen molar-refractivity contribution in [2.75, 3.05) is 32.8 Å². The number of hydrogen-bond acceptors (Lipinski definition) is 3. The van der Waals surface area contributed by atoms with E-state index in [9.17, 15) is 4.79 Å². The summed E-state index contributed by atoms with van der Waals surface area (Å²) in [6.07, 6.45) is 2.48. The fourth-order valence-electron chi connectivity index (χ4n) is 1.92. The average molecular weight is 184 g/mol. The van der Waals surface area contributed by atoms with Crippen molar-refractivity contribution in [3.8, 4) is 0 Å². The minimum Gasteiger partial charge on any atom is -0.379 e. The lowest BCUT2D eigenvalue weighted by atomic mass is 10.1. The Hall–Kier alpha value is -0.610. The van der Waals surface area contributed by atoms with Gasteiger partial charge in [0, 0.05) is 18.5 Å². The highest BCUT2D eigenvalue weighted by atomic mass is 16.5. The molecule has 0 aromatic carbocycles. The molecule has 0 radical (unpaired) electrons. The maximum Gasteiger partial charge on any atom is 0.231 e. The van der Waals surface area contributed by atoms with Gasteiger partial charge in [-0.2, -0.15) is 0 Å². The van der Waals surface area contributed by atoms with E-state index < -0.39 is 0 Å². The molecule has 13 heavy (non-hydrogen) atoms. The van der Waals surface area contributed by atoms with E-state index in [1.807, 2.05) is 0 Å². The Morgan fingerprint density at radius 1 is 1.54 bits per heavy atom. The van der Waals surface area contributed by atoms with Crippen molar-refractivity contribution in [1.29, 1.82) is 0 Å². The van der Waals surface area contributed by atoms with Gasteiger partial charge in [-0.05, 0) is 12.8 Å². The highest BCUT2D eigenvalue weighted by molar-refractivity contribution is 5.75. The molecular formula is C9H16N2O2. The maximum absolute atomic E-state index is 10.8. The topological polar surface area (TPSA) is 55.6 Å². The van der Waals surface area contributed by atoms with Crippen molar-refractivity contribution in [1.82, 2.24) is 4.90 Å². The van der Waals surface area contributed by atoms with Crippen LogP contribution in [-0.2, 0) is 9.53 Å². The number of carbonyl (C=O) groups is 1. The van der Waals surface area contributed by atoms with Crippen LogP contribution in [0, 0.1) is 5.41 Å². The van der Waals surface area contributed by atoms with Crippen molar-refractivity contribution in [2.45, 2.75) is 12.8 Å². The van der Waals surface area contributed by atoms with Crippen LogP contribution in [0.4, 0.5) is 0 Å². The summed E-state index contributed by atoms with van der Waals surface area (Å²) in [7, 11) is 0. The van der Waals surface area contributed by atoms with Crippen LogP contribution in [0.2, 0.25) is 0 Å². The summed E-state index contributed by atoms with van der Waals surface area (Å²) in [4.78, 5) is 12.9. The van der Waals surface area contributed by atoms with Gasteiger partial charge in [-0.25, -0.2) is 0 Å². The van der Waals surface area contributed by atoms with E-state index in [2.05, 4.69) is 4.90 Å². The summed E-state index contributed by atoms with van der Waals surface area (Å²) in [5.74, 6) is -0.238. The molecule has 1 saturated heterocycles. The van der Waals surface area contributed by atoms with E-state index in [0.717, 1.165) is 26.3 Å². The molecule has 2 fully saturated rings. The number of hydrogen-bond donors (Lipinski definition) is 1. The molecule has 1 spiro atoms. The number of rotatable bonds is 2. The first-order valence-corrected chi connectivity index (χ1v) is 4.79. The molecule has 4 heteroatoms. The van der Waals surface area contributed by atoms with Gasteiger partial charge in [0.25, 0.3) is 0 Å². The molecule has 2 aliphatic rings. The van der Waals surface area contributed by atoms with Gasteiger partial charge in [-0.1, -0.05) is 0 Å². The minimum absolute atomic E-state index is 0.238. The summed E-state index contributed by atoms with van der Waals surface area (Å²) in [6, 6.07) is 0. The van der Waals surface area contributed by atoms with E-state index >= 15 is 0 Å². The number of primary amides is 1. The van der Waals surface area contributed by atoms with Crippen molar-refractivity contribution in [2.24, 2.45) is 11.1 Å². The molecule has 2 N–H and O–H groups in total. The number of nitrogens with two attached hydrogens (primary N) is 1. The van der Waals surface area contributed by atoms with E-state index in [4.69, 9.17) is 10.5 Å². The zero-order valence-electron chi connectivity index (χ0n) is 7.79. The van der Waals surface area contributed by atoms with Gasteiger partial charge in [0.15, 0.2) is 0 Å². The summed E-state index contributed by atoms with van der Waals surface area (Å²) < 4.78 is 5.49. The van der Waals surface area contributed by atoms with Crippen LogP contribution in [0.1, 0.15) is 12.8 Å². The largest absolute Gasteiger partial charge is 0.379 e. The third-order valence-corrected chi connectivity index (χ3v) is 2.86. The molecule has 1 aliphatic carbocycles. The lowest BCUT2D eigenvalue weighted by Gasteiger charge is -2.20. The van der Waals surface area contributed by atoms with E-state index in [-0.39, 0.29) is 5.91 Å². The Bertz CT molecular complexity index is 214. The second kappa shape index (κ2) is 3.27. The van der Waals surface area contributed by atoms with Gasteiger partial charge >= 0.3 is 0 Å². The monoisotopic (exact) mass is 184 g/mol. The Kier molecular flexibility index (Phi) is 2.26. The molecule has 0 aromatic rings. The molecule has 1 heterocycles. The van der Waals surface area contributed by atoms with Gasteiger partial charge < -0.3 is 10.5 Å². The average Bonchev–Trinajstić information content (AvgIpc) is 2.80. The molecule has 1 saturated carbocycles. The predicted octanol–water partition coefficient (Wildman–Crippen LogP) is -0.416. The lowest BCUT2D eigenvalue weighted by Crippen LogP contribution is -2.37. The normalized spacial score (nSPS) is 27.1. The Balaban J connectivity index is 1.91. The highest BCUT2D eigenvalue weighted by Gasteiger charge is 2.45. The van der Waals surface area contributed by atoms with Crippen LogP contribution >= 0.6 is 0 Å². The minimum atomic E-state index is -0.238. The summed E-state index contributed by atoms with van der Waals surface area (Å²) in [5.41, 5.74) is 5.53. The summed E-state index contributed by atoms with van der Waals surface area (Å²) in [6.45, 7) is 3.79. The SMILES string of the molecule is NC(=O)CN1CCOCC2(CC2)C1. The molecule has 0 unspecified atom stereocenters. The van der Waals surface area contributed by atoms with Crippen LogP contribution in [0.3, 0.4) is 0 Å². The van der Waals surface area contributed by atoms with Gasteiger partial charge in [-0.3, -0.25) is 9.69 Å². The van der Waals surface area contributed by atoms with E-state index in [1.54, 1.807) is 0 Å². The van der Waals surface area contributed by atoms with Gasteiger partial charge in [0.2, 0.25) is 5.91 Å². The first-order valence-electron chi connectivity index (χ1n) is 4.79. The number of ether oxygens (including phenoxy) is 1. The fraction of sp³-hybridized carbons (Fsp3) is 0.889. The number of nitrogens with zero attached hydrogens (tertiary/aromatic N) is 1. The van der Waals surface area contributed by atoms with Crippen LogP contribution in [0.15, 0.2) is 0 Å². The molecule has 0 aromatic heterocycles. The molecule has 1 aliphatic heterocycles. The maximum atomic E-state index is 10.8. The highest BCUT2D eigenvalue weighted by Crippen LogP contribution is 2.47. The second-order valence-electron chi connectivity index (χ2n) is 4.23. The lowest BCUT2D eigenvalue weighted by molar-refractivity contribution is -0.119. The van der Waals surface area contributed by atoms with E-state index in [0.29, 0.717) is 12.0 Å². The third-order valence-electron chi connectivity index (χ3n) is 2.86. The molecule has 1 amide bonds. The zero-order chi connectivity index (χ0) is 9.31. The number of amides is 1. The van der Waals surface area contributed by atoms with Gasteiger partial charge in [-0.15, -0.1) is 0 Å².